The first-order valence-corrected chi connectivity index (χ1v) is 14.3. The number of amides is 1. The fourth-order valence-electron chi connectivity index (χ4n) is 5.99. The van der Waals surface area contributed by atoms with Crippen molar-refractivity contribution < 1.29 is 19.1 Å². The third-order valence-corrected chi connectivity index (χ3v) is 8.54. The number of hydrogen-bond acceptors (Lipinski definition) is 5. The van der Waals surface area contributed by atoms with Gasteiger partial charge in [-0.1, -0.05) is 62.5 Å². The zero-order chi connectivity index (χ0) is 29.0. The van der Waals surface area contributed by atoms with Crippen LogP contribution in [0.3, 0.4) is 0 Å². The average molecular weight is 602 g/mol. The van der Waals surface area contributed by atoms with E-state index in [9.17, 15) is 14.4 Å². The number of benzene rings is 2. The highest BCUT2D eigenvalue weighted by Crippen LogP contribution is 2.52. The van der Waals surface area contributed by atoms with Gasteiger partial charge in [-0.2, -0.15) is 0 Å². The fraction of sp³-hybridized carbons (Fsp3) is 0.387. The molecule has 0 radical (unpaired) electrons. The summed E-state index contributed by atoms with van der Waals surface area (Å²) in [6.07, 6.45) is 2.10. The Morgan fingerprint density at radius 3 is 2.05 bits per heavy atom. The quantitative estimate of drug-likeness (QED) is 0.368. The van der Waals surface area contributed by atoms with Crippen molar-refractivity contribution in [1.29, 1.82) is 0 Å². The van der Waals surface area contributed by atoms with Crippen LogP contribution >= 0.6 is 34.8 Å². The van der Waals surface area contributed by atoms with E-state index in [1.54, 1.807) is 36.4 Å². The van der Waals surface area contributed by atoms with Crippen molar-refractivity contribution >= 4 is 58.0 Å². The number of hydrogen-bond donors (Lipinski definition) is 2. The molecule has 40 heavy (non-hydrogen) atoms. The van der Waals surface area contributed by atoms with Gasteiger partial charge in [0.05, 0.1) is 10.0 Å². The predicted molar refractivity (Wildman–Crippen MR) is 158 cm³/mol. The molecule has 2 aliphatic carbocycles. The highest BCUT2D eigenvalue weighted by Gasteiger charge is 2.47. The lowest BCUT2D eigenvalue weighted by Gasteiger charge is -2.44. The summed E-state index contributed by atoms with van der Waals surface area (Å²) in [6, 6.07) is 9.87. The van der Waals surface area contributed by atoms with Gasteiger partial charge in [-0.15, -0.1) is 0 Å². The molecule has 0 spiro atoms. The van der Waals surface area contributed by atoms with Crippen molar-refractivity contribution in [3.63, 3.8) is 0 Å². The molecule has 0 aromatic heterocycles. The van der Waals surface area contributed by atoms with Crippen molar-refractivity contribution in [3.8, 4) is 5.75 Å². The molecule has 1 heterocycles. The number of allylic oxidation sites excluding steroid dienone is 4. The lowest BCUT2D eigenvalue weighted by atomic mass is 9.64. The van der Waals surface area contributed by atoms with Gasteiger partial charge < -0.3 is 15.4 Å². The van der Waals surface area contributed by atoms with Gasteiger partial charge in [0.25, 0.3) is 5.91 Å². The summed E-state index contributed by atoms with van der Waals surface area (Å²) >= 11 is 18.5. The Labute approximate surface area is 249 Å². The minimum absolute atomic E-state index is 0.00350. The third kappa shape index (κ3) is 5.81. The molecule has 0 fully saturated rings. The maximum absolute atomic E-state index is 13.7. The number of dihydropyridines is 1. The molecular weight excluding hydrogens is 571 g/mol. The van der Waals surface area contributed by atoms with Gasteiger partial charge in [0, 0.05) is 57.6 Å². The van der Waals surface area contributed by atoms with Crippen LogP contribution in [0.2, 0.25) is 15.1 Å². The monoisotopic (exact) mass is 600 g/mol. The Morgan fingerprint density at radius 1 is 0.875 bits per heavy atom. The van der Waals surface area contributed by atoms with Crippen molar-refractivity contribution in [3.05, 3.63) is 79.6 Å². The number of ketones is 2. The van der Waals surface area contributed by atoms with E-state index in [1.807, 2.05) is 0 Å². The summed E-state index contributed by atoms with van der Waals surface area (Å²) in [7, 11) is 0. The summed E-state index contributed by atoms with van der Waals surface area (Å²) in [5.41, 5.74) is 3.51. The van der Waals surface area contributed by atoms with E-state index in [2.05, 4.69) is 38.3 Å². The van der Waals surface area contributed by atoms with Gasteiger partial charge in [0.2, 0.25) is 0 Å². The van der Waals surface area contributed by atoms with E-state index in [1.165, 1.54) is 0 Å². The summed E-state index contributed by atoms with van der Waals surface area (Å²) in [5.74, 6) is -0.664. The lowest BCUT2D eigenvalue weighted by Crippen LogP contribution is -2.42. The van der Waals surface area contributed by atoms with Crippen LogP contribution in [0.4, 0.5) is 5.69 Å². The van der Waals surface area contributed by atoms with Gasteiger partial charge in [0.1, 0.15) is 5.75 Å². The zero-order valence-electron chi connectivity index (χ0n) is 22.8. The number of carbonyl (C=O) groups is 3. The Kier molecular flexibility index (Phi) is 7.58. The second kappa shape index (κ2) is 10.6. The van der Waals surface area contributed by atoms with Crippen molar-refractivity contribution in [2.24, 2.45) is 10.8 Å². The Balaban J connectivity index is 1.52. The molecule has 0 unspecified atom stereocenters. The van der Waals surface area contributed by atoms with Crippen LogP contribution < -0.4 is 15.4 Å². The maximum Gasteiger partial charge on any atom is 0.262 e. The second-order valence-corrected chi connectivity index (χ2v) is 13.6. The molecule has 3 aliphatic rings. The number of nitrogens with one attached hydrogen (secondary N) is 2. The highest BCUT2D eigenvalue weighted by molar-refractivity contribution is 6.42. The average Bonchev–Trinajstić information content (AvgIpc) is 2.82. The Hall–Kier alpha value is -2.80. The SMILES string of the molecule is CC1(C)CC(=O)C2=C(C1)NC1=C(C(=O)CC(C)(C)C1)C2c1cc(Cl)ccc1OCC(=O)Nc1ccc(Cl)c(Cl)c1. The normalized spacial score (nSPS) is 20.1. The maximum atomic E-state index is 13.7. The van der Waals surface area contributed by atoms with Crippen LogP contribution in [0.5, 0.6) is 5.75 Å². The molecule has 5 rings (SSSR count). The summed E-state index contributed by atoms with van der Waals surface area (Å²) in [6.45, 7) is 7.99. The van der Waals surface area contributed by atoms with E-state index in [4.69, 9.17) is 39.5 Å². The standard InChI is InChI=1S/C31H31Cl3N2O4/c1-30(2)11-21-28(23(37)13-30)27(29-22(36-21)12-31(3,4)14-24(29)38)18-9-16(32)5-8-25(18)40-15-26(39)35-17-6-7-19(33)20(34)10-17/h5-10,27,36H,11-15H2,1-4H3,(H,35,39). The molecule has 6 nitrogen and oxygen atoms in total. The van der Waals surface area contributed by atoms with E-state index < -0.39 is 11.8 Å². The van der Waals surface area contributed by atoms with E-state index in [-0.39, 0.29) is 29.0 Å². The number of ether oxygens (including phenoxy) is 1. The first-order valence-electron chi connectivity index (χ1n) is 13.2. The van der Waals surface area contributed by atoms with Gasteiger partial charge in [0.15, 0.2) is 18.2 Å². The first-order chi connectivity index (χ1) is 18.7. The van der Waals surface area contributed by atoms with E-state index in [0.29, 0.717) is 68.9 Å². The minimum Gasteiger partial charge on any atom is -0.483 e. The van der Waals surface area contributed by atoms with Crippen molar-refractivity contribution in [1.82, 2.24) is 5.32 Å². The van der Waals surface area contributed by atoms with E-state index >= 15 is 0 Å². The summed E-state index contributed by atoms with van der Waals surface area (Å²) < 4.78 is 6.03. The van der Waals surface area contributed by atoms with Gasteiger partial charge in [-0.25, -0.2) is 0 Å². The number of anilines is 1. The summed E-state index contributed by atoms with van der Waals surface area (Å²) in [5, 5.41) is 7.40. The van der Waals surface area contributed by atoms with Crippen LogP contribution in [0.1, 0.15) is 64.9 Å². The largest absolute Gasteiger partial charge is 0.483 e. The van der Waals surface area contributed by atoms with Crippen molar-refractivity contribution in [2.75, 3.05) is 11.9 Å². The summed E-state index contributed by atoms with van der Waals surface area (Å²) in [4.78, 5) is 40.1. The Bertz CT molecular complexity index is 1450. The Morgan fingerprint density at radius 2 is 1.48 bits per heavy atom. The number of Topliss-reactive ketones (excluding diaryl/α,β-unsaturated/α-hetero) is 2. The first kappa shape index (κ1) is 28.7. The molecule has 0 saturated carbocycles. The molecule has 1 amide bonds. The number of carbonyl (C=O) groups excluding carboxylic acids is 3. The fourth-order valence-corrected chi connectivity index (χ4v) is 6.47. The second-order valence-electron chi connectivity index (χ2n) is 12.4. The predicted octanol–water partition coefficient (Wildman–Crippen LogP) is 7.64. The van der Waals surface area contributed by atoms with Crippen molar-refractivity contribution in [2.45, 2.75) is 59.3 Å². The van der Waals surface area contributed by atoms with Crippen LogP contribution in [0.15, 0.2) is 58.9 Å². The highest BCUT2D eigenvalue weighted by atomic mass is 35.5. The topological polar surface area (TPSA) is 84.5 Å². The van der Waals surface area contributed by atoms with Crippen LogP contribution in [-0.2, 0) is 14.4 Å². The molecule has 0 bridgehead atoms. The zero-order valence-corrected chi connectivity index (χ0v) is 25.1. The van der Waals surface area contributed by atoms with Gasteiger partial charge in [-0.05, 0) is 60.1 Å². The molecule has 1 aliphatic heterocycles. The molecule has 0 saturated heterocycles. The minimum atomic E-state index is -0.634. The molecule has 9 heteroatoms. The van der Waals surface area contributed by atoms with Crippen LogP contribution in [0, 0.1) is 10.8 Å². The third-order valence-electron chi connectivity index (χ3n) is 7.56. The lowest BCUT2D eigenvalue weighted by molar-refractivity contribution is -0.120. The van der Waals surface area contributed by atoms with Gasteiger partial charge in [-0.3, -0.25) is 14.4 Å². The van der Waals surface area contributed by atoms with Crippen LogP contribution in [-0.4, -0.2) is 24.1 Å². The molecule has 0 atom stereocenters. The molecule has 210 valence electrons. The number of rotatable bonds is 5. The molecular formula is C31H31Cl3N2O4. The van der Waals surface area contributed by atoms with Gasteiger partial charge >= 0.3 is 0 Å². The molecule has 2 N–H and O–H groups in total. The molecule has 2 aromatic rings. The number of halogens is 3. The smallest absolute Gasteiger partial charge is 0.262 e. The van der Waals surface area contributed by atoms with Crippen LogP contribution in [0.25, 0.3) is 0 Å². The van der Waals surface area contributed by atoms with E-state index in [0.717, 1.165) is 11.4 Å². The molecule has 2 aromatic carbocycles.